The van der Waals surface area contributed by atoms with Gasteiger partial charge in [-0.1, -0.05) is 90.4 Å². The number of unbranched alkanes of at least 4 members (excludes halogenated alkanes) is 14. The molecule has 0 saturated heterocycles. The van der Waals surface area contributed by atoms with E-state index in [1.165, 1.54) is 96.2 Å². The molecule has 0 aliphatic carbocycles. The van der Waals surface area contributed by atoms with Gasteiger partial charge in [-0.25, -0.2) is 4.79 Å². The maximum Gasteiger partial charge on any atom is 0.513 e. The van der Waals surface area contributed by atoms with Crippen LogP contribution in [-0.4, -0.2) is 12.8 Å². The summed E-state index contributed by atoms with van der Waals surface area (Å²) in [6.45, 7) is 4.39. The Kier molecular flexibility index (Phi) is 19.2. The molecule has 0 heterocycles. The zero-order valence-corrected chi connectivity index (χ0v) is 16.2. The Morgan fingerprint density at radius 3 is 1.62 bits per heavy atom. The van der Waals surface area contributed by atoms with Gasteiger partial charge in [-0.3, -0.25) is 0 Å². The van der Waals surface area contributed by atoms with Crippen LogP contribution in [0.15, 0.2) is 12.3 Å². The zero-order valence-electron chi connectivity index (χ0n) is 16.2. The first-order valence-corrected chi connectivity index (χ1v) is 10.3. The van der Waals surface area contributed by atoms with Crippen LogP contribution in [0.5, 0.6) is 0 Å². The van der Waals surface area contributed by atoms with Crippen molar-refractivity contribution in [3.8, 4) is 0 Å². The van der Waals surface area contributed by atoms with Crippen molar-refractivity contribution in [1.82, 2.24) is 0 Å². The molecular formula is C21H40O3. The van der Waals surface area contributed by atoms with Crippen LogP contribution < -0.4 is 0 Å². The van der Waals surface area contributed by atoms with Crippen molar-refractivity contribution in [2.24, 2.45) is 0 Å². The third-order valence-electron chi connectivity index (χ3n) is 4.25. The fraction of sp³-hybridized carbons (Fsp3) is 0.857. The van der Waals surface area contributed by atoms with Crippen LogP contribution in [0.4, 0.5) is 4.79 Å². The van der Waals surface area contributed by atoms with Gasteiger partial charge in [-0.05, 0) is 25.8 Å². The molecule has 0 N–H and O–H groups in total. The molecule has 0 atom stereocenters. The van der Waals surface area contributed by atoms with Crippen molar-refractivity contribution in [3.63, 3.8) is 0 Å². The number of allylic oxidation sites excluding steroid dienone is 1. The Morgan fingerprint density at radius 1 is 0.708 bits per heavy atom. The second kappa shape index (κ2) is 20.1. The molecule has 0 aromatic carbocycles. The number of carbonyl (C=O) groups is 1. The van der Waals surface area contributed by atoms with Gasteiger partial charge in [-0.2, -0.15) is 0 Å². The average molecular weight is 341 g/mol. The summed E-state index contributed by atoms with van der Waals surface area (Å²) in [5.74, 6) is 0. The fourth-order valence-corrected chi connectivity index (χ4v) is 2.78. The van der Waals surface area contributed by atoms with Crippen LogP contribution in [0.1, 0.15) is 110 Å². The normalized spacial score (nSPS) is 11.1. The van der Waals surface area contributed by atoms with Crippen molar-refractivity contribution >= 4 is 6.16 Å². The maximum atomic E-state index is 10.9. The monoisotopic (exact) mass is 340 g/mol. The Morgan fingerprint density at radius 2 is 1.17 bits per heavy atom. The van der Waals surface area contributed by atoms with E-state index in [1.807, 2.05) is 6.08 Å². The summed E-state index contributed by atoms with van der Waals surface area (Å²) >= 11 is 0. The van der Waals surface area contributed by atoms with Gasteiger partial charge in [0.1, 0.15) is 0 Å². The lowest BCUT2D eigenvalue weighted by Gasteiger charge is -2.03. The largest absolute Gasteiger partial charge is 0.513 e. The minimum Gasteiger partial charge on any atom is -0.434 e. The molecule has 0 saturated carbocycles. The summed E-state index contributed by atoms with van der Waals surface area (Å²) in [5, 5.41) is 0. The topological polar surface area (TPSA) is 35.5 Å². The molecule has 0 aromatic rings. The van der Waals surface area contributed by atoms with Gasteiger partial charge in [-0.15, -0.1) is 0 Å². The number of hydrogen-bond acceptors (Lipinski definition) is 3. The number of hydrogen-bond donors (Lipinski definition) is 0. The van der Waals surface area contributed by atoms with E-state index in [9.17, 15) is 4.79 Å². The Bertz CT molecular complexity index is 287. The smallest absolute Gasteiger partial charge is 0.434 e. The van der Waals surface area contributed by atoms with Gasteiger partial charge in [0.05, 0.1) is 12.9 Å². The minimum absolute atomic E-state index is 0.353. The van der Waals surface area contributed by atoms with Crippen molar-refractivity contribution in [1.29, 1.82) is 0 Å². The van der Waals surface area contributed by atoms with E-state index < -0.39 is 6.16 Å². The van der Waals surface area contributed by atoms with Gasteiger partial charge < -0.3 is 9.47 Å². The third-order valence-corrected chi connectivity index (χ3v) is 4.25. The molecule has 142 valence electrons. The van der Waals surface area contributed by atoms with Crippen molar-refractivity contribution < 1.29 is 14.3 Å². The van der Waals surface area contributed by atoms with Gasteiger partial charge in [0.2, 0.25) is 0 Å². The molecule has 0 spiro atoms. The highest BCUT2D eigenvalue weighted by atomic mass is 16.7. The first-order chi connectivity index (χ1) is 11.8. The van der Waals surface area contributed by atoms with Gasteiger partial charge >= 0.3 is 6.16 Å². The molecule has 0 fully saturated rings. The summed E-state index contributed by atoms with van der Waals surface area (Å²) in [6.07, 6.45) is 22.9. The predicted molar refractivity (Wildman–Crippen MR) is 102 cm³/mol. The minimum atomic E-state index is -0.616. The molecular weight excluding hydrogens is 300 g/mol. The number of rotatable bonds is 17. The van der Waals surface area contributed by atoms with Crippen LogP contribution in [0.25, 0.3) is 0 Å². The van der Waals surface area contributed by atoms with Crippen LogP contribution >= 0.6 is 0 Å². The summed E-state index contributed by atoms with van der Waals surface area (Å²) in [6, 6.07) is 0. The van der Waals surface area contributed by atoms with Crippen LogP contribution in [0.2, 0.25) is 0 Å². The molecule has 0 radical (unpaired) electrons. The van der Waals surface area contributed by atoms with Gasteiger partial charge in [0, 0.05) is 0 Å². The molecule has 0 unspecified atom stereocenters. The van der Waals surface area contributed by atoms with E-state index in [-0.39, 0.29) is 0 Å². The van der Waals surface area contributed by atoms with E-state index in [0.717, 1.165) is 6.42 Å². The van der Waals surface area contributed by atoms with Crippen LogP contribution in [0, 0.1) is 0 Å². The van der Waals surface area contributed by atoms with Crippen molar-refractivity contribution in [2.75, 3.05) is 6.61 Å². The lowest BCUT2D eigenvalue weighted by atomic mass is 10.0. The van der Waals surface area contributed by atoms with Crippen molar-refractivity contribution in [2.45, 2.75) is 110 Å². The number of ether oxygens (including phenoxy) is 2. The van der Waals surface area contributed by atoms with E-state index in [4.69, 9.17) is 4.74 Å². The van der Waals surface area contributed by atoms with E-state index >= 15 is 0 Å². The Balaban J connectivity index is 3.10. The summed E-state index contributed by atoms with van der Waals surface area (Å²) in [4.78, 5) is 10.9. The highest BCUT2D eigenvalue weighted by molar-refractivity contribution is 5.60. The predicted octanol–water partition coefficient (Wildman–Crippen LogP) is 7.54. The lowest BCUT2D eigenvalue weighted by Crippen LogP contribution is -2.02. The Labute approximate surface area is 150 Å². The molecule has 0 aliphatic rings. The summed E-state index contributed by atoms with van der Waals surface area (Å²) in [5.41, 5.74) is 0. The average Bonchev–Trinajstić information content (AvgIpc) is 2.58. The van der Waals surface area contributed by atoms with Crippen LogP contribution in [-0.2, 0) is 9.47 Å². The van der Waals surface area contributed by atoms with E-state index in [1.54, 1.807) is 6.92 Å². The highest BCUT2D eigenvalue weighted by Gasteiger charge is 1.97. The molecule has 3 heteroatoms. The first-order valence-electron chi connectivity index (χ1n) is 10.3. The standard InChI is InChI=1S/C21H40O3/c1-3-5-6-7-8-9-10-11-12-13-14-15-16-17-18-19-20-24-21(22)23-4-2/h19-20H,3-18H2,1-2H3. The van der Waals surface area contributed by atoms with Crippen LogP contribution in [0.3, 0.4) is 0 Å². The quantitative estimate of drug-likeness (QED) is 0.156. The molecule has 0 bridgehead atoms. The van der Waals surface area contributed by atoms with Gasteiger partial charge in [0.15, 0.2) is 0 Å². The SMILES string of the molecule is CCCCCCCCCCCCCCCCC=COC(=O)OCC. The first kappa shape index (κ1) is 23.0. The molecule has 0 rings (SSSR count). The number of carbonyl (C=O) groups excluding carboxylic acids is 1. The zero-order chi connectivity index (χ0) is 17.7. The van der Waals surface area contributed by atoms with E-state index in [0.29, 0.717) is 6.61 Å². The second-order valence-electron chi connectivity index (χ2n) is 6.56. The highest BCUT2D eigenvalue weighted by Crippen LogP contribution is 2.13. The summed E-state index contributed by atoms with van der Waals surface area (Å²) in [7, 11) is 0. The fourth-order valence-electron chi connectivity index (χ4n) is 2.78. The Hall–Kier alpha value is -0.990. The molecule has 3 nitrogen and oxygen atoms in total. The summed E-state index contributed by atoms with van der Waals surface area (Å²) < 4.78 is 9.42. The molecule has 0 aliphatic heterocycles. The third kappa shape index (κ3) is 19.1. The second-order valence-corrected chi connectivity index (χ2v) is 6.56. The maximum absolute atomic E-state index is 10.9. The van der Waals surface area contributed by atoms with Crippen molar-refractivity contribution in [3.05, 3.63) is 12.3 Å². The van der Waals surface area contributed by atoms with E-state index in [2.05, 4.69) is 11.7 Å². The molecule has 0 amide bonds. The molecule has 0 aromatic heterocycles. The lowest BCUT2D eigenvalue weighted by molar-refractivity contribution is 0.0892. The molecule has 24 heavy (non-hydrogen) atoms. The van der Waals surface area contributed by atoms with Gasteiger partial charge in [0.25, 0.3) is 0 Å².